The number of amides is 4. The number of barbiturate groups is 1. The van der Waals surface area contributed by atoms with Crippen molar-refractivity contribution in [3.05, 3.63) is 41.6 Å². The topological polar surface area (TPSA) is 71.4 Å². The average Bonchev–Trinajstić information content (AvgIpc) is 2.87. The van der Waals surface area contributed by atoms with Gasteiger partial charge < -0.3 is 4.57 Å². The zero-order chi connectivity index (χ0) is 15.9. The Balaban J connectivity index is 2.14. The molecule has 1 N–H and O–H groups in total. The first-order valence-corrected chi connectivity index (χ1v) is 6.96. The van der Waals surface area contributed by atoms with Crippen molar-refractivity contribution in [2.75, 3.05) is 7.05 Å². The molecule has 2 heterocycles. The van der Waals surface area contributed by atoms with Crippen LogP contribution in [0.25, 0.3) is 17.0 Å². The molecule has 4 amide bonds. The molecule has 22 heavy (non-hydrogen) atoms. The van der Waals surface area contributed by atoms with Crippen LogP contribution in [0.4, 0.5) is 4.79 Å². The highest BCUT2D eigenvalue weighted by molar-refractivity contribution is 6.31. The van der Waals surface area contributed by atoms with E-state index in [-0.39, 0.29) is 5.57 Å². The Morgan fingerprint density at radius 2 is 1.91 bits per heavy atom. The van der Waals surface area contributed by atoms with Crippen molar-refractivity contribution in [1.29, 1.82) is 0 Å². The Bertz CT molecular complexity index is 832. The number of imide groups is 2. The van der Waals surface area contributed by atoms with Gasteiger partial charge in [0.15, 0.2) is 0 Å². The van der Waals surface area contributed by atoms with Crippen LogP contribution in [0.3, 0.4) is 0 Å². The van der Waals surface area contributed by atoms with E-state index in [2.05, 4.69) is 5.32 Å². The van der Waals surface area contributed by atoms with E-state index in [4.69, 9.17) is 0 Å². The van der Waals surface area contributed by atoms with E-state index in [0.717, 1.165) is 27.9 Å². The van der Waals surface area contributed by atoms with Gasteiger partial charge in [-0.05, 0) is 19.1 Å². The summed E-state index contributed by atoms with van der Waals surface area (Å²) >= 11 is 0. The van der Waals surface area contributed by atoms with Crippen molar-refractivity contribution in [3.8, 4) is 0 Å². The summed E-state index contributed by atoms with van der Waals surface area (Å²) in [5.74, 6) is -1.26. The molecular weight excluding hydrogens is 282 g/mol. The highest BCUT2D eigenvalue weighted by Gasteiger charge is 2.33. The summed E-state index contributed by atoms with van der Waals surface area (Å²) < 4.78 is 2.04. The van der Waals surface area contributed by atoms with E-state index in [1.807, 2.05) is 42.0 Å². The Morgan fingerprint density at radius 1 is 1.18 bits per heavy atom. The molecule has 0 unspecified atom stereocenters. The Kier molecular flexibility index (Phi) is 3.29. The van der Waals surface area contributed by atoms with Crippen LogP contribution in [-0.2, 0) is 16.1 Å². The quantitative estimate of drug-likeness (QED) is 0.678. The van der Waals surface area contributed by atoms with E-state index in [9.17, 15) is 14.4 Å². The van der Waals surface area contributed by atoms with Crippen molar-refractivity contribution in [3.63, 3.8) is 0 Å². The van der Waals surface area contributed by atoms with Crippen LogP contribution in [0.1, 0.15) is 12.5 Å². The summed E-state index contributed by atoms with van der Waals surface area (Å²) in [6.07, 6.45) is 3.43. The number of para-hydroxylation sites is 1. The number of nitrogens with one attached hydrogen (secondary N) is 1. The molecule has 1 aliphatic heterocycles. The summed E-state index contributed by atoms with van der Waals surface area (Å²) in [6.45, 7) is 2.80. The summed E-state index contributed by atoms with van der Waals surface area (Å²) in [5.41, 5.74) is 1.77. The number of aromatic nitrogens is 1. The smallest absolute Gasteiger partial charge is 0.331 e. The van der Waals surface area contributed by atoms with Gasteiger partial charge in [0, 0.05) is 36.3 Å². The molecule has 6 heteroatoms. The first-order chi connectivity index (χ1) is 10.5. The fourth-order valence-corrected chi connectivity index (χ4v) is 2.55. The SMILES string of the molecule is CCn1cc(/C=C2\C(=O)NC(=O)N(C)C2=O)c2ccccc21. The second-order valence-electron chi connectivity index (χ2n) is 5.07. The van der Waals surface area contributed by atoms with E-state index in [0.29, 0.717) is 0 Å². The Morgan fingerprint density at radius 3 is 2.64 bits per heavy atom. The molecule has 1 aliphatic rings. The second kappa shape index (κ2) is 5.14. The lowest BCUT2D eigenvalue weighted by atomic mass is 10.1. The fourth-order valence-electron chi connectivity index (χ4n) is 2.55. The molecule has 1 aromatic heterocycles. The van der Waals surface area contributed by atoms with Crippen LogP contribution in [-0.4, -0.2) is 34.4 Å². The number of hydrogen-bond donors (Lipinski definition) is 1. The third-order valence-corrected chi connectivity index (χ3v) is 3.76. The third-order valence-electron chi connectivity index (χ3n) is 3.76. The van der Waals surface area contributed by atoms with Gasteiger partial charge in [-0.2, -0.15) is 0 Å². The maximum Gasteiger partial charge on any atom is 0.331 e. The van der Waals surface area contributed by atoms with Crippen molar-refractivity contribution in [2.45, 2.75) is 13.5 Å². The lowest BCUT2D eigenvalue weighted by Gasteiger charge is -2.22. The number of aryl methyl sites for hydroxylation is 1. The number of benzene rings is 1. The highest BCUT2D eigenvalue weighted by Crippen LogP contribution is 2.24. The average molecular weight is 297 g/mol. The van der Waals surface area contributed by atoms with E-state index in [1.54, 1.807) is 0 Å². The summed E-state index contributed by atoms with van der Waals surface area (Å²) in [5, 5.41) is 3.11. The van der Waals surface area contributed by atoms with Gasteiger partial charge in [-0.25, -0.2) is 4.79 Å². The minimum Gasteiger partial charge on any atom is -0.347 e. The van der Waals surface area contributed by atoms with Crippen LogP contribution in [0.2, 0.25) is 0 Å². The van der Waals surface area contributed by atoms with Crippen LogP contribution in [0.15, 0.2) is 36.0 Å². The number of urea groups is 1. The van der Waals surface area contributed by atoms with Crippen LogP contribution in [0.5, 0.6) is 0 Å². The summed E-state index contributed by atoms with van der Waals surface area (Å²) in [6, 6.07) is 7.06. The lowest BCUT2D eigenvalue weighted by Crippen LogP contribution is -2.52. The van der Waals surface area contributed by atoms with E-state index >= 15 is 0 Å². The van der Waals surface area contributed by atoms with Crippen molar-refractivity contribution in [1.82, 2.24) is 14.8 Å². The number of hydrogen-bond acceptors (Lipinski definition) is 3. The third kappa shape index (κ3) is 2.09. The molecule has 1 fully saturated rings. The zero-order valence-corrected chi connectivity index (χ0v) is 12.3. The maximum absolute atomic E-state index is 12.1. The Labute approximate surface area is 127 Å². The minimum atomic E-state index is -0.705. The molecule has 0 bridgehead atoms. The van der Waals surface area contributed by atoms with Crippen molar-refractivity contribution >= 4 is 34.8 Å². The molecular formula is C16H15N3O3. The van der Waals surface area contributed by atoms with Gasteiger partial charge in [0.1, 0.15) is 5.57 Å². The number of fused-ring (bicyclic) bond motifs is 1. The number of carbonyl (C=O) groups excluding carboxylic acids is 3. The van der Waals surface area contributed by atoms with E-state index in [1.165, 1.54) is 13.1 Å². The van der Waals surface area contributed by atoms with E-state index < -0.39 is 17.8 Å². The molecule has 0 radical (unpaired) electrons. The van der Waals surface area contributed by atoms with Crippen molar-refractivity contribution in [2.24, 2.45) is 0 Å². The second-order valence-corrected chi connectivity index (χ2v) is 5.07. The molecule has 0 atom stereocenters. The van der Waals surface area contributed by atoms with Crippen LogP contribution < -0.4 is 5.32 Å². The molecule has 1 saturated heterocycles. The molecule has 2 aromatic rings. The number of rotatable bonds is 2. The molecule has 1 aromatic carbocycles. The van der Waals surface area contributed by atoms with Gasteiger partial charge in [-0.1, -0.05) is 18.2 Å². The Hall–Kier alpha value is -2.89. The molecule has 0 spiro atoms. The van der Waals surface area contributed by atoms with Gasteiger partial charge in [0.25, 0.3) is 11.8 Å². The van der Waals surface area contributed by atoms with Crippen molar-refractivity contribution < 1.29 is 14.4 Å². The predicted octanol–water partition coefficient (Wildman–Crippen LogP) is 1.75. The largest absolute Gasteiger partial charge is 0.347 e. The standard InChI is InChI=1S/C16H15N3O3/c1-3-19-9-10(11-6-4-5-7-13(11)19)8-12-14(20)17-16(22)18(2)15(12)21/h4-9H,3H2,1-2H3,(H,17,20,22)/b12-8+. The summed E-state index contributed by atoms with van der Waals surface area (Å²) in [4.78, 5) is 36.4. The zero-order valence-electron chi connectivity index (χ0n) is 12.3. The van der Waals surface area contributed by atoms with Gasteiger partial charge in [-0.3, -0.25) is 19.8 Å². The number of carbonyl (C=O) groups is 3. The highest BCUT2D eigenvalue weighted by atomic mass is 16.2. The first-order valence-electron chi connectivity index (χ1n) is 6.96. The molecule has 0 saturated carbocycles. The first kappa shape index (κ1) is 14.1. The van der Waals surface area contributed by atoms with Crippen LogP contribution in [0, 0.1) is 0 Å². The van der Waals surface area contributed by atoms with Gasteiger partial charge in [-0.15, -0.1) is 0 Å². The molecule has 112 valence electrons. The predicted molar refractivity (Wildman–Crippen MR) is 81.9 cm³/mol. The molecule has 0 aliphatic carbocycles. The lowest BCUT2D eigenvalue weighted by molar-refractivity contribution is -0.129. The molecule has 3 rings (SSSR count). The minimum absolute atomic E-state index is 0.0406. The van der Waals surface area contributed by atoms with Crippen LogP contribution >= 0.6 is 0 Å². The van der Waals surface area contributed by atoms with Gasteiger partial charge in [0.2, 0.25) is 0 Å². The number of likely N-dealkylation sites (N-methyl/N-ethyl adjacent to an activating group) is 1. The summed E-state index contributed by atoms with van der Waals surface area (Å²) in [7, 11) is 1.34. The number of nitrogens with zero attached hydrogens (tertiary/aromatic N) is 2. The fraction of sp³-hybridized carbons (Fsp3) is 0.188. The monoisotopic (exact) mass is 297 g/mol. The van der Waals surface area contributed by atoms with Gasteiger partial charge in [0.05, 0.1) is 0 Å². The normalized spacial score (nSPS) is 17.5. The maximum atomic E-state index is 12.1. The van der Waals surface area contributed by atoms with Gasteiger partial charge >= 0.3 is 6.03 Å². The molecule has 6 nitrogen and oxygen atoms in total.